The number of halogens is 1. The summed E-state index contributed by atoms with van der Waals surface area (Å²) >= 11 is 1.34. The number of rotatable bonds is 5. The number of hydrogen-bond acceptors (Lipinski definition) is 4. The van der Waals surface area contributed by atoms with Gasteiger partial charge in [0, 0.05) is 27.3 Å². The zero-order valence-electron chi connectivity index (χ0n) is 15.9. The van der Waals surface area contributed by atoms with Crippen molar-refractivity contribution < 1.29 is 18.7 Å². The molecule has 2 aromatic heterocycles. The van der Waals surface area contributed by atoms with Gasteiger partial charge < -0.3 is 9.30 Å². The van der Waals surface area contributed by atoms with Gasteiger partial charge in [0.1, 0.15) is 10.7 Å². The van der Waals surface area contributed by atoms with E-state index in [2.05, 4.69) is 0 Å². The average molecular weight is 407 g/mol. The van der Waals surface area contributed by atoms with Gasteiger partial charge in [0.15, 0.2) is 6.61 Å². The first kappa shape index (κ1) is 19.1. The van der Waals surface area contributed by atoms with Crippen molar-refractivity contribution in [1.82, 2.24) is 4.57 Å². The lowest BCUT2D eigenvalue weighted by Gasteiger charge is -2.10. The van der Waals surface area contributed by atoms with Crippen LogP contribution in [0.15, 0.2) is 60.7 Å². The highest BCUT2D eigenvalue weighted by Crippen LogP contribution is 2.26. The number of carbonyl (C=O) groups is 2. The number of ether oxygens (including phenoxy) is 1. The van der Waals surface area contributed by atoms with Gasteiger partial charge in [-0.2, -0.15) is 0 Å². The van der Waals surface area contributed by atoms with Crippen LogP contribution in [0.2, 0.25) is 0 Å². The summed E-state index contributed by atoms with van der Waals surface area (Å²) in [6, 6.07) is 17.4. The van der Waals surface area contributed by atoms with Crippen molar-refractivity contribution in [3.05, 3.63) is 88.3 Å². The molecule has 0 aliphatic carbocycles. The topological polar surface area (TPSA) is 48.3 Å². The molecule has 0 saturated heterocycles. The largest absolute Gasteiger partial charge is 0.453 e. The minimum absolute atomic E-state index is 0.296. The number of ketones is 1. The van der Waals surface area contributed by atoms with Crippen LogP contribution in [0.1, 0.15) is 31.4 Å². The predicted octanol–water partition coefficient (Wildman–Crippen LogP) is 5.49. The van der Waals surface area contributed by atoms with Crippen LogP contribution in [-0.2, 0) is 4.74 Å². The number of fused-ring (bicyclic) bond motifs is 1. The maximum Gasteiger partial charge on any atom is 0.348 e. The molecule has 4 nitrogen and oxygen atoms in total. The molecule has 2 aromatic carbocycles. The Morgan fingerprint density at radius 3 is 2.59 bits per heavy atom. The van der Waals surface area contributed by atoms with Crippen molar-refractivity contribution in [2.24, 2.45) is 0 Å². The number of carbonyl (C=O) groups excluding carboxylic acids is 2. The van der Waals surface area contributed by atoms with Crippen molar-refractivity contribution in [1.29, 1.82) is 0 Å². The van der Waals surface area contributed by atoms with Crippen LogP contribution in [0.25, 0.3) is 15.8 Å². The van der Waals surface area contributed by atoms with Crippen molar-refractivity contribution in [3.63, 3.8) is 0 Å². The monoisotopic (exact) mass is 407 g/mol. The minimum atomic E-state index is -0.515. The number of benzene rings is 2. The van der Waals surface area contributed by atoms with E-state index >= 15 is 0 Å². The number of hydrogen-bond donors (Lipinski definition) is 0. The van der Waals surface area contributed by atoms with Crippen LogP contribution in [0.3, 0.4) is 0 Å². The molecule has 0 N–H and O–H groups in total. The van der Waals surface area contributed by atoms with E-state index in [4.69, 9.17) is 4.74 Å². The summed E-state index contributed by atoms with van der Waals surface area (Å²) in [7, 11) is 0. The maximum absolute atomic E-state index is 13.6. The van der Waals surface area contributed by atoms with Gasteiger partial charge in [0.05, 0.1) is 0 Å². The van der Waals surface area contributed by atoms with Gasteiger partial charge in [-0.05, 0) is 55.6 Å². The summed E-state index contributed by atoms with van der Waals surface area (Å²) in [5, 5.41) is 0.967. The Hall–Kier alpha value is -3.25. The summed E-state index contributed by atoms with van der Waals surface area (Å²) in [5.41, 5.74) is 2.57. The normalized spacial score (nSPS) is 11.0. The molecule has 0 saturated carbocycles. The Labute approximate surface area is 171 Å². The molecular weight excluding hydrogens is 389 g/mol. The van der Waals surface area contributed by atoms with E-state index in [0.29, 0.717) is 21.8 Å². The number of aromatic nitrogens is 1. The maximum atomic E-state index is 13.6. The second-order valence-corrected chi connectivity index (χ2v) is 7.83. The molecule has 0 unspecified atom stereocenters. The smallest absolute Gasteiger partial charge is 0.348 e. The molecule has 0 atom stereocenters. The molecule has 4 rings (SSSR count). The number of nitrogens with zero attached hydrogens (tertiary/aromatic N) is 1. The fourth-order valence-corrected chi connectivity index (χ4v) is 4.38. The molecule has 2 heterocycles. The molecular formula is C23H18FNO3S. The second kappa shape index (κ2) is 7.64. The highest BCUT2D eigenvalue weighted by molar-refractivity contribution is 7.20. The average Bonchev–Trinajstić information content (AvgIpc) is 3.26. The lowest BCUT2D eigenvalue weighted by atomic mass is 10.1. The van der Waals surface area contributed by atoms with E-state index < -0.39 is 5.97 Å². The molecule has 0 amide bonds. The predicted molar refractivity (Wildman–Crippen MR) is 112 cm³/mol. The number of esters is 1. The fourth-order valence-electron chi connectivity index (χ4n) is 3.42. The SMILES string of the molecule is Cc1cc(C(=O)COC(=O)c2cc3ccccc3s2)c(C)n1-c1cccc(F)c1. The van der Waals surface area contributed by atoms with Gasteiger partial charge in [0.25, 0.3) is 0 Å². The number of Topliss-reactive ketones (excluding diaryl/α,β-unsaturated/α-hetero) is 1. The third-order valence-electron chi connectivity index (χ3n) is 4.76. The Kier molecular flexibility index (Phi) is 5.03. The van der Waals surface area contributed by atoms with Crippen molar-refractivity contribution in [3.8, 4) is 5.69 Å². The zero-order valence-corrected chi connectivity index (χ0v) is 16.8. The molecule has 4 aromatic rings. The molecule has 146 valence electrons. The van der Waals surface area contributed by atoms with Crippen molar-refractivity contribution in [2.75, 3.05) is 6.61 Å². The van der Waals surface area contributed by atoms with Gasteiger partial charge in [-0.3, -0.25) is 4.79 Å². The molecule has 0 radical (unpaired) electrons. The van der Waals surface area contributed by atoms with Gasteiger partial charge in [-0.15, -0.1) is 11.3 Å². The first-order valence-corrected chi connectivity index (χ1v) is 9.89. The number of thiophene rings is 1. The summed E-state index contributed by atoms with van der Waals surface area (Å²) in [4.78, 5) is 25.5. The summed E-state index contributed by atoms with van der Waals surface area (Å²) in [5.74, 6) is -1.16. The van der Waals surface area contributed by atoms with E-state index in [-0.39, 0.29) is 18.2 Å². The third kappa shape index (κ3) is 3.71. The van der Waals surface area contributed by atoms with Gasteiger partial charge in [-0.25, -0.2) is 9.18 Å². The molecule has 0 fully saturated rings. The van der Waals surface area contributed by atoms with Crippen LogP contribution in [0, 0.1) is 19.7 Å². The van der Waals surface area contributed by atoms with Crippen LogP contribution < -0.4 is 0 Å². The molecule has 0 aliphatic rings. The first-order chi connectivity index (χ1) is 13.9. The highest BCUT2D eigenvalue weighted by Gasteiger charge is 2.19. The standard InChI is InChI=1S/C23H18FNO3S/c1-14-10-19(15(2)25(14)18-8-5-7-17(24)12-18)20(26)13-28-23(27)22-11-16-6-3-4-9-21(16)29-22/h3-12H,13H2,1-2H3. The zero-order chi connectivity index (χ0) is 20.5. The Balaban J connectivity index is 1.51. The van der Waals surface area contributed by atoms with Crippen LogP contribution in [0.5, 0.6) is 0 Å². The molecule has 0 spiro atoms. The van der Waals surface area contributed by atoms with E-state index in [1.807, 2.05) is 35.8 Å². The lowest BCUT2D eigenvalue weighted by Crippen LogP contribution is -2.14. The summed E-state index contributed by atoms with van der Waals surface area (Å²) in [6.45, 7) is 3.29. The summed E-state index contributed by atoms with van der Waals surface area (Å²) < 4.78 is 21.6. The van der Waals surface area contributed by atoms with E-state index in [1.165, 1.54) is 23.5 Å². The van der Waals surface area contributed by atoms with E-state index in [9.17, 15) is 14.0 Å². The van der Waals surface area contributed by atoms with Gasteiger partial charge in [-0.1, -0.05) is 24.3 Å². The van der Waals surface area contributed by atoms with E-state index in [0.717, 1.165) is 15.8 Å². The minimum Gasteiger partial charge on any atom is -0.453 e. The molecule has 0 bridgehead atoms. The van der Waals surface area contributed by atoms with Crippen molar-refractivity contribution in [2.45, 2.75) is 13.8 Å². The highest BCUT2D eigenvalue weighted by atomic mass is 32.1. The lowest BCUT2D eigenvalue weighted by molar-refractivity contribution is 0.0479. The Morgan fingerprint density at radius 1 is 1.03 bits per heavy atom. The molecule has 6 heteroatoms. The third-order valence-corrected chi connectivity index (χ3v) is 5.86. The van der Waals surface area contributed by atoms with Crippen LogP contribution in [0.4, 0.5) is 4.39 Å². The quantitative estimate of drug-likeness (QED) is 0.325. The Bertz CT molecular complexity index is 1210. The van der Waals surface area contributed by atoms with Crippen LogP contribution in [-0.4, -0.2) is 22.9 Å². The molecule has 0 aliphatic heterocycles. The van der Waals surface area contributed by atoms with Crippen LogP contribution >= 0.6 is 11.3 Å². The van der Waals surface area contributed by atoms with Crippen molar-refractivity contribution >= 4 is 33.2 Å². The number of aryl methyl sites for hydroxylation is 1. The van der Waals surface area contributed by atoms with Gasteiger partial charge >= 0.3 is 5.97 Å². The second-order valence-electron chi connectivity index (χ2n) is 6.75. The molecule has 29 heavy (non-hydrogen) atoms. The fraction of sp³-hybridized carbons (Fsp3) is 0.130. The Morgan fingerprint density at radius 2 is 1.83 bits per heavy atom. The summed E-state index contributed by atoms with van der Waals surface area (Å²) in [6.07, 6.45) is 0. The van der Waals surface area contributed by atoms with E-state index in [1.54, 1.807) is 31.2 Å². The van der Waals surface area contributed by atoms with Gasteiger partial charge in [0.2, 0.25) is 5.78 Å². The first-order valence-electron chi connectivity index (χ1n) is 9.08.